The van der Waals surface area contributed by atoms with Crippen LogP contribution in [0.3, 0.4) is 0 Å². The molecule has 32 heavy (non-hydrogen) atoms. The molecule has 1 aliphatic rings. The van der Waals surface area contributed by atoms with Gasteiger partial charge in [-0.15, -0.1) is 0 Å². The summed E-state index contributed by atoms with van der Waals surface area (Å²) in [7, 11) is 2.12. The molecule has 1 amide bonds. The highest BCUT2D eigenvalue weighted by Gasteiger charge is 2.18. The second-order valence-corrected chi connectivity index (χ2v) is 8.22. The smallest absolute Gasteiger partial charge is 0.263 e. The summed E-state index contributed by atoms with van der Waals surface area (Å²) in [6.45, 7) is 5.80. The molecule has 4 rings (SSSR count). The second-order valence-electron chi connectivity index (χ2n) is 7.82. The van der Waals surface area contributed by atoms with Gasteiger partial charge in [0.15, 0.2) is 0 Å². The number of halogens is 1. The molecule has 0 bridgehead atoms. The van der Waals surface area contributed by atoms with Crippen molar-refractivity contribution in [1.82, 2.24) is 14.9 Å². The number of rotatable bonds is 5. The second kappa shape index (κ2) is 9.42. The number of carbonyl (C=O) groups excluding carboxylic acids is 1. The molecule has 0 spiro atoms. The minimum absolute atomic E-state index is 0.0349. The number of benzene rings is 1. The SMILES string of the molecule is Cc1cc(Cl)c(Nc2cc[nH]c(=O)c2C(=O)Nc2ccc(N3CCN(C)CC3)cc2)cn1. The van der Waals surface area contributed by atoms with E-state index in [0.29, 0.717) is 22.1 Å². The van der Waals surface area contributed by atoms with Crippen molar-refractivity contribution in [2.24, 2.45) is 0 Å². The Morgan fingerprint density at radius 2 is 1.81 bits per heavy atom. The summed E-state index contributed by atoms with van der Waals surface area (Å²) >= 11 is 6.27. The van der Waals surface area contributed by atoms with Gasteiger partial charge < -0.3 is 25.4 Å². The van der Waals surface area contributed by atoms with Crippen molar-refractivity contribution in [3.63, 3.8) is 0 Å². The first-order valence-electron chi connectivity index (χ1n) is 10.4. The zero-order chi connectivity index (χ0) is 22.7. The topological polar surface area (TPSA) is 93.4 Å². The van der Waals surface area contributed by atoms with Gasteiger partial charge in [-0.2, -0.15) is 0 Å². The number of aromatic nitrogens is 2. The molecule has 2 aromatic heterocycles. The van der Waals surface area contributed by atoms with E-state index in [1.165, 1.54) is 6.20 Å². The monoisotopic (exact) mass is 452 g/mol. The van der Waals surface area contributed by atoms with Gasteiger partial charge in [0, 0.05) is 49.4 Å². The number of aromatic amines is 1. The maximum absolute atomic E-state index is 13.0. The zero-order valence-corrected chi connectivity index (χ0v) is 18.7. The van der Waals surface area contributed by atoms with Gasteiger partial charge in [-0.3, -0.25) is 14.6 Å². The minimum Gasteiger partial charge on any atom is -0.369 e. The Balaban J connectivity index is 1.51. The summed E-state index contributed by atoms with van der Waals surface area (Å²) in [5, 5.41) is 6.30. The van der Waals surface area contributed by atoms with E-state index in [2.05, 4.69) is 37.4 Å². The predicted molar refractivity (Wildman–Crippen MR) is 128 cm³/mol. The summed E-state index contributed by atoms with van der Waals surface area (Å²) in [4.78, 5) is 36.8. The molecule has 1 fully saturated rings. The predicted octanol–water partition coefficient (Wildman–Crippen LogP) is 3.48. The van der Waals surface area contributed by atoms with E-state index in [-0.39, 0.29) is 5.56 Å². The number of H-pyrrole nitrogens is 1. The molecular formula is C23H25ClN6O2. The Morgan fingerprint density at radius 3 is 2.50 bits per heavy atom. The molecule has 3 N–H and O–H groups in total. The molecule has 0 radical (unpaired) electrons. The number of likely N-dealkylation sites (N-methyl/N-ethyl adjacent to an activating group) is 1. The van der Waals surface area contributed by atoms with Gasteiger partial charge in [-0.05, 0) is 50.4 Å². The van der Waals surface area contributed by atoms with Crippen molar-refractivity contribution in [3.05, 3.63) is 75.4 Å². The molecule has 8 nitrogen and oxygen atoms in total. The number of carbonyl (C=O) groups is 1. The van der Waals surface area contributed by atoms with Crippen molar-refractivity contribution < 1.29 is 4.79 Å². The average molecular weight is 453 g/mol. The van der Waals surface area contributed by atoms with Gasteiger partial charge in [-0.25, -0.2) is 0 Å². The first kappa shape index (κ1) is 21.9. The number of nitrogens with one attached hydrogen (secondary N) is 3. The van der Waals surface area contributed by atoms with Crippen LogP contribution in [-0.4, -0.2) is 54.0 Å². The Morgan fingerprint density at radius 1 is 1.09 bits per heavy atom. The number of piperazine rings is 1. The van der Waals surface area contributed by atoms with Gasteiger partial charge in [0.25, 0.3) is 11.5 Å². The molecule has 0 atom stereocenters. The number of pyridine rings is 2. The summed E-state index contributed by atoms with van der Waals surface area (Å²) in [5.74, 6) is -0.516. The fraction of sp³-hybridized carbons (Fsp3) is 0.261. The van der Waals surface area contributed by atoms with Gasteiger partial charge in [0.05, 0.1) is 22.6 Å². The zero-order valence-electron chi connectivity index (χ0n) is 18.0. The normalized spacial score (nSPS) is 14.3. The van der Waals surface area contributed by atoms with Crippen LogP contribution in [0.5, 0.6) is 0 Å². The Labute approximate surface area is 191 Å². The van der Waals surface area contributed by atoms with Crippen LogP contribution in [0.2, 0.25) is 5.02 Å². The van der Waals surface area contributed by atoms with E-state index in [0.717, 1.165) is 37.6 Å². The number of hydrogen-bond donors (Lipinski definition) is 3. The standard InChI is InChI=1S/C23H25ClN6O2/c1-15-13-18(24)20(14-26-15)28-19-7-8-25-22(31)21(19)23(32)27-16-3-5-17(6-4-16)30-11-9-29(2)10-12-30/h3-8,13-14H,9-12H2,1-2H3,(H,27,32)(H2,25,28,31). The van der Waals surface area contributed by atoms with Gasteiger partial charge in [0.2, 0.25) is 0 Å². The summed E-state index contributed by atoms with van der Waals surface area (Å²) in [6.07, 6.45) is 3.04. The maximum Gasteiger partial charge on any atom is 0.263 e. The largest absolute Gasteiger partial charge is 0.369 e. The van der Waals surface area contributed by atoms with E-state index >= 15 is 0 Å². The fourth-order valence-corrected chi connectivity index (χ4v) is 3.84. The van der Waals surface area contributed by atoms with Crippen molar-refractivity contribution >= 4 is 40.3 Å². The maximum atomic E-state index is 13.0. The van der Waals surface area contributed by atoms with E-state index in [9.17, 15) is 9.59 Å². The molecule has 0 saturated carbocycles. The summed E-state index contributed by atoms with van der Waals surface area (Å²) in [5.41, 5.74) is 2.80. The van der Waals surface area contributed by atoms with Crippen molar-refractivity contribution in [1.29, 1.82) is 0 Å². The molecule has 3 aromatic rings. The Hall–Kier alpha value is -3.36. The van der Waals surface area contributed by atoms with E-state index < -0.39 is 11.5 Å². The van der Waals surface area contributed by atoms with Crippen LogP contribution in [-0.2, 0) is 0 Å². The van der Waals surface area contributed by atoms with Crippen LogP contribution >= 0.6 is 11.6 Å². The lowest BCUT2D eigenvalue weighted by atomic mass is 10.2. The third-order valence-electron chi connectivity index (χ3n) is 5.44. The Kier molecular flexibility index (Phi) is 6.43. The average Bonchev–Trinajstić information content (AvgIpc) is 2.77. The van der Waals surface area contributed by atoms with Crippen LogP contribution in [0.25, 0.3) is 0 Å². The van der Waals surface area contributed by atoms with Crippen LogP contribution in [0.15, 0.2) is 53.6 Å². The molecule has 9 heteroatoms. The van der Waals surface area contributed by atoms with Crippen LogP contribution < -0.4 is 21.1 Å². The lowest BCUT2D eigenvalue weighted by Gasteiger charge is -2.34. The van der Waals surface area contributed by atoms with Crippen molar-refractivity contribution in [2.45, 2.75) is 6.92 Å². The van der Waals surface area contributed by atoms with E-state index in [4.69, 9.17) is 11.6 Å². The number of nitrogens with zero attached hydrogens (tertiary/aromatic N) is 3. The number of amides is 1. The number of aryl methyl sites for hydroxylation is 1. The number of anilines is 4. The molecule has 166 valence electrons. The van der Waals surface area contributed by atoms with E-state index in [1.807, 2.05) is 31.2 Å². The summed E-state index contributed by atoms with van der Waals surface area (Å²) < 4.78 is 0. The molecule has 3 heterocycles. The highest BCUT2D eigenvalue weighted by molar-refractivity contribution is 6.33. The minimum atomic E-state index is -0.516. The summed E-state index contributed by atoms with van der Waals surface area (Å²) in [6, 6.07) is 11.0. The van der Waals surface area contributed by atoms with Crippen LogP contribution in [0.4, 0.5) is 22.7 Å². The molecule has 1 saturated heterocycles. The van der Waals surface area contributed by atoms with Crippen LogP contribution in [0.1, 0.15) is 16.1 Å². The highest BCUT2D eigenvalue weighted by atomic mass is 35.5. The number of hydrogen-bond acceptors (Lipinski definition) is 6. The molecule has 1 aliphatic heterocycles. The quantitative estimate of drug-likeness (QED) is 0.548. The third-order valence-corrected chi connectivity index (χ3v) is 5.75. The molecule has 0 unspecified atom stereocenters. The molecular weight excluding hydrogens is 428 g/mol. The lowest BCUT2D eigenvalue weighted by Crippen LogP contribution is -2.44. The van der Waals surface area contributed by atoms with Crippen molar-refractivity contribution in [2.75, 3.05) is 48.8 Å². The van der Waals surface area contributed by atoms with E-state index in [1.54, 1.807) is 18.3 Å². The van der Waals surface area contributed by atoms with Gasteiger partial charge in [0.1, 0.15) is 5.56 Å². The Bertz CT molecular complexity index is 1170. The van der Waals surface area contributed by atoms with Gasteiger partial charge in [-0.1, -0.05) is 11.6 Å². The van der Waals surface area contributed by atoms with Crippen molar-refractivity contribution in [3.8, 4) is 0 Å². The fourth-order valence-electron chi connectivity index (χ4n) is 3.59. The first-order chi connectivity index (χ1) is 15.4. The highest BCUT2D eigenvalue weighted by Crippen LogP contribution is 2.26. The molecule has 0 aliphatic carbocycles. The van der Waals surface area contributed by atoms with Gasteiger partial charge >= 0.3 is 0 Å². The first-order valence-corrected chi connectivity index (χ1v) is 10.7. The lowest BCUT2D eigenvalue weighted by molar-refractivity contribution is 0.102. The van der Waals surface area contributed by atoms with Crippen LogP contribution in [0, 0.1) is 6.92 Å². The third kappa shape index (κ3) is 4.92. The molecule has 1 aromatic carbocycles.